The Labute approximate surface area is 205 Å². The van der Waals surface area contributed by atoms with E-state index in [1.807, 2.05) is 0 Å². The number of nitrogens with one attached hydrogen (secondary N) is 2. The van der Waals surface area contributed by atoms with Crippen LogP contribution in [0.1, 0.15) is 16.8 Å². The summed E-state index contributed by atoms with van der Waals surface area (Å²) < 4.78 is 15.4. The first kappa shape index (κ1) is 25.1. The second kappa shape index (κ2) is 11.1. The van der Waals surface area contributed by atoms with Crippen molar-refractivity contribution < 1.29 is 33.4 Å². The number of amides is 3. The van der Waals surface area contributed by atoms with Crippen molar-refractivity contribution in [3.63, 3.8) is 0 Å². The molecule has 2 N–H and O–H groups in total. The van der Waals surface area contributed by atoms with E-state index >= 15 is 0 Å². The number of esters is 1. The summed E-state index contributed by atoms with van der Waals surface area (Å²) in [5.41, 5.74) is 2.96. The second-order valence-corrected chi connectivity index (χ2v) is 8.01. The minimum atomic E-state index is -0.847. The normalized spacial score (nSPS) is 15.0. The molecule has 3 rings (SSSR count). The molecule has 0 spiro atoms. The Kier molecular flexibility index (Phi) is 8.19. The molecule has 12 heteroatoms. The summed E-state index contributed by atoms with van der Waals surface area (Å²) in [5.74, 6) is -2.36. The summed E-state index contributed by atoms with van der Waals surface area (Å²) >= 11 is 11.8. The average Bonchev–Trinajstić information content (AvgIpc) is 3.19. The lowest BCUT2D eigenvalue weighted by atomic mass is 10.1. The van der Waals surface area contributed by atoms with Crippen molar-refractivity contribution in [3.8, 4) is 11.5 Å². The first-order chi connectivity index (χ1) is 16.2. The van der Waals surface area contributed by atoms with Crippen LogP contribution in [0.3, 0.4) is 0 Å². The maximum absolute atomic E-state index is 12.4. The van der Waals surface area contributed by atoms with Crippen LogP contribution in [0.2, 0.25) is 10.0 Å². The van der Waals surface area contributed by atoms with Crippen molar-refractivity contribution in [3.05, 3.63) is 52.0 Å². The van der Waals surface area contributed by atoms with E-state index in [0.29, 0.717) is 17.2 Å². The van der Waals surface area contributed by atoms with Crippen LogP contribution in [0, 0.1) is 5.92 Å². The number of hydrazine groups is 1. The highest BCUT2D eigenvalue weighted by Gasteiger charge is 2.36. The van der Waals surface area contributed by atoms with Gasteiger partial charge in [-0.3, -0.25) is 29.6 Å². The van der Waals surface area contributed by atoms with Gasteiger partial charge in [0.15, 0.2) is 6.61 Å². The fraction of sp³-hybridized carbons (Fsp3) is 0.273. The quantitative estimate of drug-likeness (QED) is 0.524. The van der Waals surface area contributed by atoms with E-state index in [2.05, 4.69) is 10.7 Å². The first-order valence-corrected chi connectivity index (χ1v) is 10.7. The SMILES string of the molecule is COc1ccc(OC)c(NC(=O)COC(=O)[C@H]2CC(=O)N(NC(=O)c3ccc(Cl)c(Cl)c3)C2)c1. The summed E-state index contributed by atoms with van der Waals surface area (Å²) in [6.07, 6.45) is -0.175. The van der Waals surface area contributed by atoms with Gasteiger partial charge in [0, 0.05) is 18.1 Å². The molecule has 2 aromatic rings. The van der Waals surface area contributed by atoms with Crippen LogP contribution >= 0.6 is 23.2 Å². The van der Waals surface area contributed by atoms with Crippen LogP contribution in [0.5, 0.6) is 11.5 Å². The molecule has 0 bridgehead atoms. The van der Waals surface area contributed by atoms with E-state index in [1.54, 1.807) is 18.2 Å². The number of hydrogen-bond donors (Lipinski definition) is 2. The number of rotatable bonds is 8. The Bertz CT molecular complexity index is 1130. The van der Waals surface area contributed by atoms with Gasteiger partial charge in [0.2, 0.25) is 5.91 Å². The van der Waals surface area contributed by atoms with Gasteiger partial charge < -0.3 is 19.5 Å². The molecule has 1 heterocycles. The molecule has 1 fully saturated rings. The molecule has 0 aliphatic carbocycles. The Morgan fingerprint density at radius 3 is 2.50 bits per heavy atom. The van der Waals surface area contributed by atoms with Crippen molar-refractivity contribution >= 4 is 52.6 Å². The third-order valence-corrected chi connectivity index (χ3v) is 5.64. The topological polar surface area (TPSA) is 123 Å². The molecule has 1 aliphatic rings. The largest absolute Gasteiger partial charge is 0.497 e. The zero-order valence-electron chi connectivity index (χ0n) is 18.2. The highest BCUT2D eigenvalue weighted by atomic mass is 35.5. The number of ether oxygens (including phenoxy) is 3. The molecule has 2 aromatic carbocycles. The maximum atomic E-state index is 12.4. The van der Waals surface area contributed by atoms with Gasteiger partial charge in [0.05, 0.1) is 42.4 Å². The van der Waals surface area contributed by atoms with Crippen molar-refractivity contribution in [1.82, 2.24) is 10.4 Å². The molecule has 1 atom stereocenters. The summed E-state index contributed by atoms with van der Waals surface area (Å²) in [6.45, 7) is -0.671. The Hall–Kier alpha value is -3.50. The number of benzene rings is 2. The summed E-state index contributed by atoms with van der Waals surface area (Å²) in [4.78, 5) is 49.2. The lowest BCUT2D eigenvalue weighted by Gasteiger charge is -2.17. The number of carbonyl (C=O) groups excluding carboxylic acids is 4. The first-order valence-electron chi connectivity index (χ1n) is 9.96. The molecule has 3 amide bonds. The van der Waals surface area contributed by atoms with Gasteiger partial charge in [-0.25, -0.2) is 0 Å². The van der Waals surface area contributed by atoms with Crippen LogP contribution < -0.4 is 20.2 Å². The summed E-state index contributed by atoms with van der Waals surface area (Å²) in [6, 6.07) is 9.11. The van der Waals surface area contributed by atoms with Gasteiger partial charge in [-0.1, -0.05) is 23.2 Å². The fourth-order valence-corrected chi connectivity index (χ4v) is 3.45. The Morgan fingerprint density at radius 1 is 1.06 bits per heavy atom. The maximum Gasteiger partial charge on any atom is 0.311 e. The zero-order chi connectivity index (χ0) is 24.8. The highest BCUT2D eigenvalue weighted by molar-refractivity contribution is 6.42. The lowest BCUT2D eigenvalue weighted by molar-refractivity contribution is -0.151. The molecule has 0 unspecified atom stereocenters. The van der Waals surface area contributed by atoms with E-state index in [9.17, 15) is 19.2 Å². The highest BCUT2D eigenvalue weighted by Crippen LogP contribution is 2.29. The number of hydrogen-bond acceptors (Lipinski definition) is 7. The van der Waals surface area contributed by atoms with E-state index < -0.39 is 36.2 Å². The monoisotopic (exact) mass is 509 g/mol. The van der Waals surface area contributed by atoms with E-state index in [-0.39, 0.29) is 28.6 Å². The van der Waals surface area contributed by atoms with Crippen LogP contribution in [0.15, 0.2) is 36.4 Å². The summed E-state index contributed by atoms with van der Waals surface area (Å²) in [7, 11) is 2.93. The Morgan fingerprint density at radius 2 is 1.82 bits per heavy atom. The molecular weight excluding hydrogens is 489 g/mol. The molecule has 34 heavy (non-hydrogen) atoms. The van der Waals surface area contributed by atoms with E-state index in [4.69, 9.17) is 37.4 Å². The molecule has 1 aliphatic heterocycles. The molecule has 1 saturated heterocycles. The summed E-state index contributed by atoms with van der Waals surface area (Å²) in [5, 5.41) is 4.08. The number of anilines is 1. The van der Waals surface area contributed by atoms with Gasteiger partial charge in [-0.05, 0) is 30.3 Å². The molecule has 180 valence electrons. The van der Waals surface area contributed by atoms with Crippen LogP contribution in [0.25, 0.3) is 0 Å². The fourth-order valence-electron chi connectivity index (χ4n) is 3.15. The van der Waals surface area contributed by atoms with Crippen LogP contribution in [-0.2, 0) is 19.1 Å². The predicted octanol–water partition coefficient (Wildman–Crippen LogP) is 2.69. The molecule has 0 radical (unpaired) electrons. The van der Waals surface area contributed by atoms with Crippen molar-refractivity contribution in [2.45, 2.75) is 6.42 Å². The third-order valence-electron chi connectivity index (χ3n) is 4.90. The zero-order valence-corrected chi connectivity index (χ0v) is 19.7. The minimum Gasteiger partial charge on any atom is -0.497 e. The molecule has 10 nitrogen and oxygen atoms in total. The van der Waals surface area contributed by atoms with E-state index in [0.717, 1.165) is 5.01 Å². The molecule has 0 aromatic heterocycles. The minimum absolute atomic E-state index is 0.101. The average molecular weight is 510 g/mol. The standard InChI is InChI=1S/C22H21Cl2N3O7/c1-32-14-4-6-18(33-2)17(9-14)25-19(28)11-34-22(31)13-8-20(29)27(10-13)26-21(30)12-3-5-15(23)16(24)7-12/h3-7,9,13H,8,10-11H2,1-2H3,(H,25,28)(H,26,30)/t13-/m0/s1. The Balaban J connectivity index is 1.52. The number of methoxy groups -OCH3 is 2. The van der Waals surface area contributed by atoms with Crippen molar-refractivity contribution in [2.24, 2.45) is 5.92 Å². The number of halogens is 2. The van der Waals surface area contributed by atoms with Crippen LogP contribution in [-0.4, -0.2) is 56.1 Å². The second-order valence-electron chi connectivity index (χ2n) is 7.20. The van der Waals surface area contributed by atoms with Gasteiger partial charge in [0.25, 0.3) is 11.8 Å². The van der Waals surface area contributed by atoms with Gasteiger partial charge >= 0.3 is 5.97 Å². The number of carbonyl (C=O) groups is 4. The molecule has 0 saturated carbocycles. The third kappa shape index (κ3) is 6.09. The van der Waals surface area contributed by atoms with Crippen molar-refractivity contribution in [1.29, 1.82) is 0 Å². The van der Waals surface area contributed by atoms with Gasteiger partial charge in [0.1, 0.15) is 11.5 Å². The smallest absolute Gasteiger partial charge is 0.311 e. The molecular formula is C22H21Cl2N3O7. The van der Waals surface area contributed by atoms with E-state index in [1.165, 1.54) is 32.4 Å². The van der Waals surface area contributed by atoms with Gasteiger partial charge in [-0.15, -0.1) is 0 Å². The van der Waals surface area contributed by atoms with Crippen LogP contribution in [0.4, 0.5) is 5.69 Å². The predicted molar refractivity (Wildman–Crippen MR) is 123 cm³/mol. The van der Waals surface area contributed by atoms with Crippen molar-refractivity contribution in [2.75, 3.05) is 32.7 Å². The van der Waals surface area contributed by atoms with Gasteiger partial charge in [-0.2, -0.15) is 0 Å². The number of nitrogens with zero attached hydrogens (tertiary/aromatic N) is 1. The lowest BCUT2D eigenvalue weighted by Crippen LogP contribution is -2.43.